The summed E-state index contributed by atoms with van der Waals surface area (Å²) in [5.74, 6) is 0. The zero-order valence-electron chi connectivity index (χ0n) is 19.8. The molecule has 168 valence electrons. The van der Waals surface area contributed by atoms with Crippen molar-refractivity contribution in [2.45, 2.75) is 0 Å². The van der Waals surface area contributed by atoms with Gasteiger partial charge in [-0.15, -0.1) is 4.98 Å². The Morgan fingerprint density at radius 1 is 0.636 bits per heavy atom. The van der Waals surface area contributed by atoms with Crippen molar-refractivity contribution in [3.8, 4) is 0 Å². The lowest BCUT2D eigenvalue weighted by atomic mass is 10.4. The van der Waals surface area contributed by atoms with Crippen LogP contribution in [-0.4, -0.2) is 33.6 Å². The lowest BCUT2D eigenvalue weighted by Crippen LogP contribution is -2.26. The topological polar surface area (TPSA) is 78.0 Å². The number of imidazole rings is 3. The first-order valence-electron chi connectivity index (χ1n) is 10.5. The first-order chi connectivity index (χ1) is 15.9. The summed E-state index contributed by atoms with van der Waals surface area (Å²) in [7, 11) is 12.0. The van der Waals surface area contributed by atoms with E-state index in [-0.39, 0.29) is 0 Å². The molecule has 6 aromatic rings. The third-order valence-electron chi connectivity index (χ3n) is 5.44. The molecule has 0 spiro atoms. The summed E-state index contributed by atoms with van der Waals surface area (Å²) in [5.41, 5.74) is 6.57. The Morgan fingerprint density at radius 2 is 1.24 bits per heavy atom. The molecule has 0 fully saturated rings. The highest BCUT2D eigenvalue weighted by atomic mass is 15.2. The summed E-state index contributed by atoms with van der Waals surface area (Å²) < 4.78 is 12.2. The lowest BCUT2D eigenvalue weighted by Gasteiger charge is -1.83. The molecule has 6 heterocycles. The average Bonchev–Trinajstić information content (AvgIpc) is 3.41. The van der Waals surface area contributed by atoms with Crippen LogP contribution < -0.4 is 13.7 Å². The van der Waals surface area contributed by atoms with E-state index in [0.29, 0.717) is 0 Å². The van der Waals surface area contributed by atoms with Crippen LogP contribution in [0, 0.1) is 0 Å². The molecule has 0 aliphatic rings. The van der Waals surface area contributed by atoms with Gasteiger partial charge in [0, 0.05) is 12.3 Å². The standard InChI is InChI=1S/2C8H10N3.C7H9N4/c1-10-6-11(2)8-5-9-4-3-7(8)10;1-10-6-11(2)8-7(10)4-3-5-9-8;1-10-5-11(2)7-6(10)3-8-4-9-7/h2*3-6H,1-2H3;3-5H,1-2H3/q3*+1. The number of hydrogen-bond acceptors (Lipinski definition) is 4. The largest absolute Gasteiger partial charge is 0.304 e. The van der Waals surface area contributed by atoms with Gasteiger partial charge in [0.25, 0.3) is 0 Å². The number of aromatic nitrogens is 10. The molecule has 10 nitrogen and oxygen atoms in total. The van der Waals surface area contributed by atoms with Crippen LogP contribution in [0.25, 0.3) is 33.4 Å². The van der Waals surface area contributed by atoms with E-state index < -0.39 is 0 Å². The summed E-state index contributed by atoms with van der Waals surface area (Å²) >= 11 is 0. The molecule has 0 N–H and O–H groups in total. The van der Waals surface area contributed by atoms with Crippen molar-refractivity contribution in [1.29, 1.82) is 0 Å². The van der Waals surface area contributed by atoms with Crippen molar-refractivity contribution in [3.05, 3.63) is 68.3 Å². The SMILES string of the molecule is Cn1c[n+](C)c2ccncc21.Cn1c[n+](C)c2ncccc21.Cn1c[n+](C)c2ncncc21. The quantitative estimate of drug-likeness (QED) is 0.321. The summed E-state index contributed by atoms with van der Waals surface area (Å²) in [6.07, 6.45) is 14.9. The molecule has 10 heteroatoms. The fraction of sp³-hybridized carbons (Fsp3) is 0.261. The number of rotatable bonds is 0. The number of fused-ring (bicyclic) bond motifs is 3. The van der Waals surface area contributed by atoms with Gasteiger partial charge in [0.05, 0.1) is 54.7 Å². The van der Waals surface area contributed by atoms with Gasteiger partial charge in [-0.2, -0.15) is 0 Å². The van der Waals surface area contributed by atoms with Crippen molar-refractivity contribution in [3.63, 3.8) is 0 Å². The average molecular weight is 446 g/mol. The predicted molar refractivity (Wildman–Crippen MR) is 123 cm³/mol. The van der Waals surface area contributed by atoms with Gasteiger partial charge in [-0.1, -0.05) is 4.98 Å². The van der Waals surface area contributed by atoms with E-state index >= 15 is 0 Å². The molecule has 0 aliphatic carbocycles. The fourth-order valence-electron chi connectivity index (χ4n) is 3.86. The molecule has 33 heavy (non-hydrogen) atoms. The predicted octanol–water partition coefficient (Wildman–Crippen LogP) is 0.588. The number of hydrogen-bond donors (Lipinski definition) is 0. The summed E-state index contributed by atoms with van der Waals surface area (Å²) in [6.45, 7) is 0. The lowest BCUT2D eigenvalue weighted by molar-refractivity contribution is -0.647. The highest BCUT2D eigenvalue weighted by Gasteiger charge is 2.10. The summed E-state index contributed by atoms with van der Waals surface area (Å²) in [6, 6.07) is 6.01. The second-order valence-electron chi connectivity index (χ2n) is 7.95. The zero-order chi connectivity index (χ0) is 23.5. The van der Waals surface area contributed by atoms with E-state index in [9.17, 15) is 0 Å². The van der Waals surface area contributed by atoms with Gasteiger partial charge in [-0.3, -0.25) is 14.1 Å². The molecular weight excluding hydrogens is 416 g/mol. The van der Waals surface area contributed by atoms with Crippen LogP contribution in [-0.2, 0) is 42.3 Å². The van der Waals surface area contributed by atoms with Crippen LogP contribution in [0.3, 0.4) is 0 Å². The van der Waals surface area contributed by atoms with Gasteiger partial charge in [-0.05, 0) is 12.1 Å². The third kappa shape index (κ3) is 4.40. The number of pyridine rings is 2. The van der Waals surface area contributed by atoms with Crippen molar-refractivity contribution >= 4 is 33.4 Å². The molecular formula is C23H29N10+3. The molecule has 0 amide bonds. The molecule has 0 radical (unpaired) electrons. The smallest absolute Gasteiger partial charge is 0.263 e. The van der Waals surface area contributed by atoms with Crippen molar-refractivity contribution in [2.75, 3.05) is 0 Å². The second kappa shape index (κ2) is 9.11. The Bertz CT molecular complexity index is 1250. The maximum atomic E-state index is 4.24. The van der Waals surface area contributed by atoms with E-state index in [2.05, 4.69) is 39.7 Å². The van der Waals surface area contributed by atoms with Crippen LogP contribution >= 0.6 is 0 Å². The first-order valence-corrected chi connectivity index (χ1v) is 10.5. The molecule has 0 atom stereocenters. The van der Waals surface area contributed by atoms with Gasteiger partial charge in [0.15, 0.2) is 41.0 Å². The molecule has 6 rings (SSSR count). The highest BCUT2D eigenvalue weighted by Crippen LogP contribution is 2.05. The van der Waals surface area contributed by atoms with Crippen LogP contribution in [0.1, 0.15) is 0 Å². The van der Waals surface area contributed by atoms with E-state index in [1.807, 2.05) is 112 Å². The summed E-state index contributed by atoms with van der Waals surface area (Å²) in [5, 5.41) is 0. The Hall–Kier alpha value is -4.21. The molecule has 0 aromatic carbocycles. The highest BCUT2D eigenvalue weighted by molar-refractivity contribution is 5.70. The van der Waals surface area contributed by atoms with Crippen LogP contribution in [0.15, 0.2) is 68.3 Å². The monoisotopic (exact) mass is 445 g/mol. The Labute approximate surface area is 191 Å². The van der Waals surface area contributed by atoms with Crippen molar-refractivity contribution in [1.82, 2.24) is 33.6 Å². The minimum absolute atomic E-state index is 0.961. The third-order valence-corrected chi connectivity index (χ3v) is 5.44. The normalized spacial score (nSPS) is 10.7. The molecule has 0 aliphatic heterocycles. The maximum absolute atomic E-state index is 4.24. The van der Waals surface area contributed by atoms with Crippen molar-refractivity contribution in [2.24, 2.45) is 42.3 Å². The van der Waals surface area contributed by atoms with Gasteiger partial charge in [-0.25, -0.2) is 23.3 Å². The van der Waals surface area contributed by atoms with Crippen molar-refractivity contribution < 1.29 is 13.7 Å². The van der Waals surface area contributed by atoms with Gasteiger partial charge < -0.3 is 0 Å². The number of nitrogens with zero attached hydrogens (tertiary/aromatic N) is 10. The van der Waals surface area contributed by atoms with Gasteiger partial charge >= 0.3 is 11.3 Å². The molecule has 0 unspecified atom stereocenters. The zero-order valence-corrected chi connectivity index (χ0v) is 19.8. The Morgan fingerprint density at radius 3 is 1.91 bits per heavy atom. The Balaban J connectivity index is 0.000000118. The first kappa shape index (κ1) is 22.0. The molecule has 0 saturated heterocycles. The summed E-state index contributed by atoms with van der Waals surface area (Å²) in [4.78, 5) is 16.4. The van der Waals surface area contributed by atoms with Gasteiger partial charge in [0.2, 0.25) is 6.33 Å². The second-order valence-corrected chi connectivity index (χ2v) is 7.95. The van der Waals surface area contributed by atoms with Gasteiger partial charge in [0.1, 0.15) is 6.20 Å². The van der Waals surface area contributed by atoms with Crippen LogP contribution in [0.5, 0.6) is 0 Å². The fourth-order valence-corrected chi connectivity index (χ4v) is 3.86. The van der Waals surface area contributed by atoms with Crippen LogP contribution in [0.2, 0.25) is 0 Å². The molecule has 6 aromatic heterocycles. The molecule has 0 bridgehead atoms. The maximum Gasteiger partial charge on any atom is 0.304 e. The number of aryl methyl sites for hydroxylation is 6. The van der Waals surface area contributed by atoms with E-state index in [1.54, 1.807) is 6.33 Å². The molecule has 0 saturated carbocycles. The minimum Gasteiger partial charge on any atom is -0.263 e. The van der Waals surface area contributed by atoms with E-state index in [4.69, 9.17) is 0 Å². The Kier molecular flexibility index (Phi) is 6.07. The van der Waals surface area contributed by atoms with E-state index in [1.165, 1.54) is 5.52 Å². The van der Waals surface area contributed by atoms with Crippen LogP contribution in [0.4, 0.5) is 0 Å². The minimum atomic E-state index is 0.961. The van der Waals surface area contributed by atoms with E-state index in [0.717, 1.165) is 27.8 Å².